The van der Waals surface area contributed by atoms with E-state index in [4.69, 9.17) is 24.5 Å². The van der Waals surface area contributed by atoms with Crippen LogP contribution in [0, 0.1) is 5.82 Å². The van der Waals surface area contributed by atoms with Crippen molar-refractivity contribution >= 4 is 23.7 Å². The SMILES string of the molecule is COc1ccc(Sc2ccc(F)cc2C2CCNCC2)cc1.O=C(O)C(=O)O. The molecule has 0 unspecified atom stereocenters. The van der Waals surface area contributed by atoms with Crippen molar-refractivity contribution in [2.45, 2.75) is 28.6 Å². The van der Waals surface area contributed by atoms with Crippen LogP contribution in [0.5, 0.6) is 5.75 Å². The molecule has 0 radical (unpaired) electrons. The standard InChI is InChI=1S/C18H20FNOS.C2H2O4/c1-21-15-3-5-16(6-4-15)22-18-7-2-14(19)12-17(18)13-8-10-20-11-9-13;3-1(4)2(5)6/h2-7,12-13,20H,8-11H2,1H3;(H,3,4)(H,5,6). The molecule has 8 heteroatoms. The number of carbonyl (C=O) groups is 2. The summed E-state index contributed by atoms with van der Waals surface area (Å²) in [7, 11) is 1.66. The van der Waals surface area contributed by atoms with E-state index in [1.165, 1.54) is 0 Å². The number of nitrogens with one attached hydrogen (secondary N) is 1. The number of halogens is 1. The number of carboxylic acid groups (broad SMARTS) is 2. The molecule has 6 nitrogen and oxygen atoms in total. The van der Waals surface area contributed by atoms with Gasteiger partial charge in [0.05, 0.1) is 7.11 Å². The quantitative estimate of drug-likeness (QED) is 0.667. The molecule has 1 aliphatic rings. The number of carboxylic acids is 2. The highest BCUT2D eigenvalue weighted by Crippen LogP contribution is 2.37. The van der Waals surface area contributed by atoms with Gasteiger partial charge in [0.2, 0.25) is 0 Å². The van der Waals surface area contributed by atoms with Crippen LogP contribution in [0.4, 0.5) is 4.39 Å². The van der Waals surface area contributed by atoms with Crippen LogP contribution in [0.25, 0.3) is 0 Å². The Hall–Kier alpha value is -2.58. The Morgan fingerprint density at radius 2 is 1.68 bits per heavy atom. The van der Waals surface area contributed by atoms with Gasteiger partial charge in [0.15, 0.2) is 0 Å². The first kappa shape index (κ1) is 21.7. The monoisotopic (exact) mass is 407 g/mol. The summed E-state index contributed by atoms with van der Waals surface area (Å²) in [6.45, 7) is 2.02. The topological polar surface area (TPSA) is 95.9 Å². The third-order valence-corrected chi connectivity index (χ3v) is 5.32. The lowest BCUT2D eigenvalue weighted by atomic mass is 9.90. The predicted molar refractivity (Wildman–Crippen MR) is 104 cm³/mol. The highest BCUT2D eigenvalue weighted by Gasteiger charge is 2.19. The molecule has 0 aromatic heterocycles. The predicted octanol–water partition coefficient (Wildman–Crippen LogP) is 3.61. The van der Waals surface area contributed by atoms with Crippen LogP contribution < -0.4 is 10.1 Å². The molecule has 2 aromatic carbocycles. The van der Waals surface area contributed by atoms with Gasteiger partial charge in [-0.05, 0) is 79.9 Å². The maximum atomic E-state index is 13.7. The molecule has 3 N–H and O–H groups in total. The molecule has 0 aliphatic carbocycles. The molecule has 1 saturated heterocycles. The maximum absolute atomic E-state index is 13.7. The van der Waals surface area contributed by atoms with Crippen molar-refractivity contribution in [1.82, 2.24) is 5.32 Å². The number of rotatable bonds is 4. The van der Waals surface area contributed by atoms with Crippen LogP contribution >= 0.6 is 11.8 Å². The van der Waals surface area contributed by atoms with Gasteiger partial charge in [-0.15, -0.1) is 0 Å². The second-order valence-electron chi connectivity index (χ2n) is 6.09. The van der Waals surface area contributed by atoms with E-state index in [0.717, 1.165) is 47.0 Å². The smallest absolute Gasteiger partial charge is 0.414 e. The summed E-state index contributed by atoms with van der Waals surface area (Å²) in [6.07, 6.45) is 2.14. The molecule has 0 atom stereocenters. The zero-order chi connectivity index (χ0) is 20.5. The Labute approximate surface area is 166 Å². The molecule has 150 valence electrons. The zero-order valence-electron chi connectivity index (χ0n) is 15.4. The molecule has 1 aliphatic heterocycles. The fourth-order valence-corrected chi connectivity index (χ4v) is 3.84. The van der Waals surface area contributed by atoms with Crippen LogP contribution in [0.15, 0.2) is 52.3 Å². The summed E-state index contributed by atoms with van der Waals surface area (Å²) in [6, 6.07) is 13.2. The van der Waals surface area contributed by atoms with Gasteiger partial charge in [-0.25, -0.2) is 14.0 Å². The van der Waals surface area contributed by atoms with E-state index in [0.29, 0.717) is 5.92 Å². The minimum Gasteiger partial charge on any atom is -0.497 e. The van der Waals surface area contributed by atoms with E-state index < -0.39 is 11.9 Å². The number of hydrogen-bond acceptors (Lipinski definition) is 5. The van der Waals surface area contributed by atoms with Gasteiger partial charge in [0, 0.05) is 9.79 Å². The summed E-state index contributed by atoms with van der Waals surface area (Å²) in [5.74, 6) is -2.50. The van der Waals surface area contributed by atoms with E-state index in [-0.39, 0.29) is 5.82 Å². The van der Waals surface area contributed by atoms with E-state index >= 15 is 0 Å². The summed E-state index contributed by atoms with van der Waals surface area (Å²) in [5, 5.41) is 18.1. The second-order valence-corrected chi connectivity index (χ2v) is 7.21. The van der Waals surface area contributed by atoms with Gasteiger partial charge in [-0.3, -0.25) is 0 Å². The van der Waals surface area contributed by atoms with Gasteiger partial charge in [-0.1, -0.05) is 11.8 Å². The zero-order valence-corrected chi connectivity index (χ0v) is 16.2. The van der Waals surface area contributed by atoms with Gasteiger partial charge in [0.25, 0.3) is 0 Å². The third-order valence-electron chi connectivity index (χ3n) is 4.22. The molecule has 1 heterocycles. The molecule has 0 spiro atoms. The van der Waals surface area contributed by atoms with Crippen LogP contribution in [0.2, 0.25) is 0 Å². The molecule has 0 bridgehead atoms. The number of piperidine rings is 1. The summed E-state index contributed by atoms with van der Waals surface area (Å²) in [4.78, 5) is 20.5. The van der Waals surface area contributed by atoms with Crippen molar-refractivity contribution in [2.75, 3.05) is 20.2 Å². The van der Waals surface area contributed by atoms with E-state index in [1.807, 2.05) is 30.3 Å². The Morgan fingerprint density at radius 1 is 1.07 bits per heavy atom. The fourth-order valence-electron chi connectivity index (χ4n) is 2.83. The lowest BCUT2D eigenvalue weighted by Gasteiger charge is -2.25. The van der Waals surface area contributed by atoms with Crippen molar-refractivity contribution in [3.63, 3.8) is 0 Å². The lowest BCUT2D eigenvalue weighted by molar-refractivity contribution is -0.159. The summed E-state index contributed by atoms with van der Waals surface area (Å²) < 4.78 is 18.9. The Morgan fingerprint density at radius 3 is 2.21 bits per heavy atom. The minimum absolute atomic E-state index is 0.146. The molecule has 1 fully saturated rings. The van der Waals surface area contributed by atoms with Gasteiger partial charge in [-0.2, -0.15) is 0 Å². The average molecular weight is 407 g/mol. The van der Waals surface area contributed by atoms with Crippen molar-refractivity contribution in [2.24, 2.45) is 0 Å². The Balaban J connectivity index is 0.000000409. The van der Waals surface area contributed by atoms with E-state index in [1.54, 1.807) is 31.0 Å². The van der Waals surface area contributed by atoms with Crippen molar-refractivity contribution in [3.05, 3.63) is 53.8 Å². The Kier molecular flexibility index (Phi) is 8.28. The number of benzene rings is 2. The normalized spacial score (nSPS) is 13.9. The third kappa shape index (κ3) is 6.54. The largest absolute Gasteiger partial charge is 0.497 e. The van der Waals surface area contributed by atoms with E-state index in [9.17, 15) is 4.39 Å². The second kappa shape index (κ2) is 10.7. The molecule has 0 amide bonds. The maximum Gasteiger partial charge on any atom is 0.414 e. The average Bonchev–Trinajstić information content (AvgIpc) is 2.71. The van der Waals surface area contributed by atoms with Crippen molar-refractivity contribution < 1.29 is 28.9 Å². The van der Waals surface area contributed by atoms with Crippen molar-refractivity contribution in [3.8, 4) is 5.75 Å². The molecule has 0 saturated carbocycles. The number of ether oxygens (including phenoxy) is 1. The molecule has 2 aromatic rings. The highest BCUT2D eigenvalue weighted by atomic mass is 32.2. The first-order valence-corrected chi connectivity index (χ1v) is 9.50. The highest BCUT2D eigenvalue weighted by molar-refractivity contribution is 7.99. The first-order valence-electron chi connectivity index (χ1n) is 8.69. The minimum atomic E-state index is -1.82. The first-order chi connectivity index (χ1) is 13.4. The number of aliphatic carboxylic acids is 2. The van der Waals surface area contributed by atoms with Gasteiger partial charge < -0.3 is 20.3 Å². The number of methoxy groups -OCH3 is 1. The lowest BCUT2D eigenvalue weighted by Crippen LogP contribution is -2.26. The summed E-state index contributed by atoms with van der Waals surface area (Å²) in [5.41, 5.74) is 1.14. The molecular formula is C20H22FNO5S. The molecular weight excluding hydrogens is 385 g/mol. The van der Waals surface area contributed by atoms with Crippen molar-refractivity contribution in [1.29, 1.82) is 0 Å². The fraction of sp³-hybridized carbons (Fsp3) is 0.300. The van der Waals surface area contributed by atoms with Crippen LogP contribution in [0.3, 0.4) is 0 Å². The Bertz CT molecular complexity index is 795. The van der Waals surface area contributed by atoms with Crippen LogP contribution in [-0.2, 0) is 9.59 Å². The van der Waals surface area contributed by atoms with Gasteiger partial charge >= 0.3 is 11.9 Å². The number of hydrogen-bond donors (Lipinski definition) is 3. The molecule has 28 heavy (non-hydrogen) atoms. The van der Waals surface area contributed by atoms with Crippen LogP contribution in [-0.4, -0.2) is 42.4 Å². The van der Waals surface area contributed by atoms with E-state index in [2.05, 4.69) is 5.32 Å². The van der Waals surface area contributed by atoms with Gasteiger partial charge in [0.1, 0.15) is 11.6 Å². The molecule has 3 rings (SSSR count). The summed E-state index contributed by atoms with van der Waals surface area (Å²) >= 11 is 1.69. The van der Waals surface area contributed by atoms with Crippen LogP contribution in [0.1, 0.15) is 24.3 Å².